The van der Waals surface area contributed by atoms with Gasteiger partial charge >= 0.3 is 0 Å². The van der Waals surface area contributed by atoms with Crippen molar-refractivity contribution in [2.45, 2.75) is 6.10 Å². The van der Waals surface area contributed by atoms with Gasteiger partial charge in [0.25, 0.3) is 0 Å². The number of hydrogen-bond acceptors (Lipinski definition) is 1. The lowest BCUT2D eigenvalue weighted by Crippen LogP contribution is -2.01. The Kier molecular flexibility index (Phi) is 4.57. The van der Waals surface area contributed by atoms with E-state index in [1.807, 2.05) is 0 Å². The Morgan fingerprint density at radius 2 is 1.44 bits per heavy atom. The minimum absolute atomic E-state index is 0.428. The van der Waals surface area contributed by atoms with E-state index in [0.29, 0.717) is 26.2 Å². The van der Waals surface area contributed by atoms with E-state index in [0.717, 1.165) is 4.47 Å². The summed E-state index contributed by atoms with van der Waals surface area (Å²) in [5.74, 6) is 0. The van der Waals surface area contributed by atoms with Gasteiger partial charge in [0.05, 0.1) is 0 Å². The lowest BCUT2D eigenvalue weighted by Gasteiger charge is -2.15. The first-order valence-electron chi connectivity index (χ1n) is 5.07. The molecule has 1 nitrogen and oxygen atoms in total. The summed E-state index contributed by atoms with van der Waals surface area (Å²) < 4.78 is 0.730. The van der Waals surface area contributed by atoms with Crippen LogP contribution in [0.15, 0.2) is 40.9 Å². The molecule has 0 spiro atoms. The highest BCUT2D eigenvalue weighted by Gasteiger charge is 2.16. The van der Waals surface area contributed by atoms with Gasteiger partial charge in [-0.2, -0.15) is 0 Å². The van der Waals surface area contributed by atoms with Gasteiger partial charge in [-0.25, -0.2) is 0 Å². The van der Waals surface area contributed by atoms with Crippen LogP contribution in [0.25, 0.3) is 0 Å². The second-order valence-electron chi connectivity index (χ2n) is 3.73. The summed E-state index contributed by atoms with van der Waals surface area (Å²) in [7, 11) is 0. The van der Waals surface area contributed by atoms with E-state index in [1.165, 1.54) is 0 Å². The first-order valence-corrected chi connectivity index (χ1v) is 6.99. The van der Waals surface area contributed by atoms with Crippen molar-refractivity contribution in [2.75, 3.05) is 0 Å². The Morgan fingerprint density at radius 1 is 0.889 bits per heavy atom. The maximum Gasteiger partial charge on any atom is 0.107 e. The molecule has 1 unspecified atom stereocenters. The van der Waals surface area contributed by atoms with Gasteiger partial charge in [-0.1, -0.05) is 62.9 Å². The first kappa shape index (κ1) is 14.2. The van der Waals surface area contributed by atoms with Crippen LogP contribution in [0.5, 0.6) is 0 Å². The fourth-order valence-electron chi connectivity index (χ4n) is 1.61. The maximum atomic E-state index is 10.3. The van der Waals surface area contributed by atoms with Gasteiger partial charge in [0.1, 0.15) is 6.10 Å². The van der Waals surface area contributed by atoms with Crippen LogP contribution in [0.3, 0.4) is 0 Å². The smallest absolute Gasteiger partial charge is 0.107 e. The summed E-state index contributed by atoms with van der Waals surface area (Å²) >= 11 is 21.1. The second kappa shape index (κ2) is 5.81. The molecular weight excluding hydrogens is 358 g/mol. The van der Waals surface area contributed by atoms with E-state index < -0.39 is 6.10 Å². The van der Waals surface area contributed by atoms with E-state index in [-0.39, 0.29) is 0 Å². The molecule has 18 heavy (non-hydrogen) atoms. The average molecular weight is 366 g/mol. The van der Waals surface area contributed by atoms with Crippen molar-refractivity contribution in [3.63, 3.8) is 0 Å². The van der Waals surface area contributed by atoms with Crippen molar-refractivity contribution in [3.8, 4) is 0 Å². The predicted molar refractivity (Wildman–Crippen MR) is 79.7 cm³/mol. The van der Waals surface area contributed by atoms with E-state index in [9.17, 15) is 5.11 Å². The van der Waals surface area contributed by atoms with Crippen molar-refractivity contribution in [1.29, 1.82) is 0 Å². The Balaban J connectivity index is 2.44. The average Bonchev–Trinajstić information content (AvgIpc) is 2.28. The number of aliphatic hydroxyl groups excluding tert-OH is 1. The number of rotatable bonds is 2. The second-order valence-corrected chi connectivity index (χ2v) is 5.87. The Morgan fingerprint density at radius 3 is 2.00 bits per heavy atom. The van der Waals surface area contributed by atoms with Crippen LogP contribution < -0.4 is 0 Å². The molecule has 94 valence electrons. The van der Waals surface area contributed by atoms with Crippen molar-refractivity contribution in [3.05, 3.63) is 67.1 Å². The molecule has 0 amide bonds. The van der Waals surface area contributed by atoms with Crippen LogP contribution in [-0.2, 0) is 0 Å². The number of hydrogen-bond donors (Lipinski definition) is 1. The highest BCUT2D eigenvalue weighted by atomic mass is 79.9. The largest absolute Gasteiger partial charge is 0.384 e. The van der Waals surface area contributed by atoms with Crippen molar-refractivity contribution in [2.24, 2.45) is 0 Å². The molecule has 0 aromatic heterocycles. The molecule has 2 aromatic rings. The van der Waals surface area contributed by atoms with Gasteiger partial charge < -0.3 is 5.11 Å². The van der Waals surface area contributed by atoms with Gasteiger partial charge in [-0.15, -0.1) is 0 Å². The minimum atomic E-state index is -0.832. The third-order valence-corrected chi connectivity index (χ3v) is 4.00. The van der Waals surface area contributed by atoms with Crippen molar-refractivity contribution in [1.82, 2.24) is 0 Å². The van der Waals surface area contributed by atoms with Crippen molar-refractivity contribution >= 4 is 50.7 Å². The van der Waals surface area contributed by atoms with Crippen LogP contribution in [0.4, 0.5) is 0 Å². The third kappa shape index (κ3) is 3.01. The van der Waals surface area contributed by atoms with E-state index >= 15 is 0 Å². The normalized spacial score (nSPS) is 12.5. The van der Waals surface area contributed by atoms with Gasteiger partial charge in [-0.3, -0.25) is 0 Å². The minimum Gasteiger partial charge on any atom is -0.384 e. The first-order chi connectivity index (χ1) is 8.49. The molecule has 0 radical (unpaired) electrons. The van der Waals surface area contributed by atoms with E-state index in [2.05, 4.69) is 15.9 Å². The van der Waals surface area contributed by atoms with Gasteiger partial charge in [0.2, 0.25) is 0 Å². The van der Waals surface area contributed by atoms with Crippen molar-refractivity contribution < 1.29 is 5.11 Å². The Bertz CT molecular complexity index is 535. The molecule has 2 rings (SSSR count). The van der Waals surface area contributed by atoms with E-state index in [1.54, 1.807) is 36.4 Å². The molecule has 0 heterocycles. The molecule has 0 aliphatic rings. The third-order valence-electron chi connectivity index (χ3n) is 2.51. The molecule has 0 fully saturated rings. The number of benzene rings is 2. The van der Waals surface area contributed by atoms with E-state index in [4.69, 9.17) is 34.8 Å². The highest BCUT2D eigenvalue weighted by molar-refractivity contribution is 9.10. The molecule has 2 aromatic carbocycles. The predicted octanol–water partition coefficient (Wildman–Crippen LogP) is 5.49. The zero-order chi connectivity index (χ0) is 13.3. The molecule has 0 saturated carbocycles. The maximum absolute atomic E-state index is 10.3. The van der Waals surface area contributed by atoms with Crippen LogP contribution in [0.1, 0.15) is 17.2 Å². The lowest BCUT2D eigenvalue weighted by molar-refractivity contribution is 0.219. The molecule has 0 aliphatic heterocycles. The van der Waals surface area contributed by atoms with Crippen LogP contribution in [-0.4, -0.2) is 5.11 Å². The molecular formula is C13H8BrCl3O. The summed E-state index contributed by atoms with van der Waals surface area (Å²) in [6, 6.07) is 10.2. The molecule has 0 saturated heterocycles. The van der Waals surface area contributed by atoms with Crippen LogP contribution >= 0.6 is 50.7 Å². The summed E-state index contributed by atoms with van der Waals surface area (Å²) in [5.41, 5.74) is 1.30. The molecule has 0 aliphatic carbocycles. The van der Waals surface area contributed by atoms with Gasteiger partial charge in [0.15, 0.2) is 0 Å². The van der Waals surface area contributed by atoms with Gasteiger partial charge in [-0.05, 0) is 29.8 Å². The Hall–Kier alpha value is -0.250. The zero-order valence-electron chi connectivity index (χ0n) is 9.00. The summed E-state index contributed by atoms with van der Waals surface area (Å²) in [6.07, 6.45) is -0.832. The lowest BCUT2D eigenvalue weighted by atomic mass is 10.0. The Labute approximate surface area is 128 Å². The van der Waals surface area contributed by atoms with Crippen LogP contribution in [0, 0.1) is 0 Å². The summed E-state index contributed by atoms with van der Waals surface area (Å²) in [4.78, 5) is 0. The highest BCUT2D eigenvalue weighted by Crippen LogP contribution is 2.34. The monoisotopic (exact) mass is 364 g/mol. The fraction of sp³-hybridized carbons (Fsp3) is 0.0769. The standard InChI is InChI=1S/C13H8BrCl3O/c14-11-5-7(15)1-3-9(11)13(18)10-4-2-8(16)6-12(10)17/h1-6,13,18H. The molecule has 0 bridgehead atoms. The SMILES string of the molecule is OC(c1ccc(Cl)cc1Cl)c1ccc(Cl)cc1Br. The summed E-state index contributed by atoms with van der Waals surface area (Å²) in [6.45, 7) is 0. The fourth-order valence-corrected chi connectivity index (χ4v) is 3.03. The summed E-state index contributed by atoms with van der Waals surface area (Å²) in [5, 5.41) is 11.9. The zero-order valence-corrected chi connectivity index (χ0v) is 12.9. The van der Waals surface area contributed by atoms with Gasteiger partial charge in [0, 0.05) is 25.1 Å². The molecule has 1 N–H and O–H groups in total. The quantitative estimate of drug-likeness (QED) is 0.745. The molecule has 1 atom stereocenters. The van der Waals surface area contributed by atoms with Crippen LogP contribution in [0.2, 0.25) is 15.1 Å². The number of aliphatic hydroxyl groups is 1. The molecule has 5 heteroatoms. The number of halogens is 4. The topological polar surface area (TPSA) is 20.2 Å².